The molecule has 1 nitrogen and oxygen atoms in total. The summed E-state index contributed by atoms with van der Waals surface area (Å²) in [4.78, 5) is 0. The van der Waals surface area contributed by atoms with E-state index in [2.05, 4.69) is 11.8 Å². The maximum atomic E-state index is 5.07. The zero-order chi connectivity index (χ0) is 4.12. The van der Waals surface area contributed by atoms with Gasteiger partial charge in [0.2, 0.25) is 0 Å². The Morgan fingerprint density at radius 2 is 2.40 bits per heavy atom. The van der Waals surface area contributed by atoms with E-state index >= 15 is 0 Å². The lowest BCUT2D eigenvalue weighted by Crippen LogP contribution is -1.97. The van der Waals surface area contributed by atoms with E-state index in [0.717, 1.165) is 20.1 Å². The number of rotatable bonds is 2. The predicted octanol–water partition coefficient (Wildman–Crippen LogP) is 0.353. The minimum absolute atomic E-state index is 0.727. The summed E-state index contributed by atoms with van der Waals surface area (Å²) in [6, 6.07) is 0. The molecular formula is C2H6NPS. The third-order valence-corrected chi connectivity index (χ3v) is 1.21. The second kappa shape index (κ2) is 4.48. The van der Waals surface area contributed by atoms with Crippen LogP contribution in [-0.2, 0) is 11.8 Å². The van der Waals surface area contributed by atoms with Gasteiger partial charge in [-0.3, -0.25) is 0 Å². The Balaban J connectivity index is 2.40. The van der Waals surface area contributed by atoms with Crippen molar-refractivity contribution in [2.24, 2.45) is 5.73 Å². The van der Waals surface area contributed by atoms with Gasteiger partial charge in [-0.1, -0.05) is 11.8 Å². The van der Waals surface area contributed by atoms with E-state index in [0.29, 0.717) is 0 Å². The summed E-state index contributed by atoms with van der Waals surface area (Å²) in [5.74, 6) is 0. The molecule has 0 rings (SSSR count). The smallest absolute Gasteiger partial charge is 0.0122 e. The van der Waals surface area contributed by atoms with E-state index in [4.69, 9.17) is 5.73 Å². The van der Waals surface area contributed by atoms with Gasteiger partial charge in [0.15, 0.2) is 0 Å². The van der Waals surface area contributed by atoms with Crippen molar-refractivity contribution in [1.29, 1.82) is 0 Å². The van der Waals surface area contributed by atoms with Gasteiger partial charge in [0, 0.05) is 12.7 Å². The summed E-state index contributed by atoms with van der Waals surface area (Å²) in [6.45, 7) is 0.727. The molecule has 2 N–H and O–H groups in total. The standard InChI is InChI=1S/C2H6NPS/c3-1-2-4-5/h1-3H2. The van der Waals surface area contributed by atoms with E-state index < -0.39 is 0 Å². The SMILES string of the molecule is NCCP=S. The van der Waals surface area contributed by atoms with Crippen LogP contribution >= 0.6 is 7.36 Å². The lowest BCUT2D eigenvalue weighted by Gasteiger charge is -1.71. The quantitative estimate of drug-likeness (QED) is 0.515. The largest absolute Gasteiger partial charge is 0.330 e. The van der Waals surface area contributed by atoms with Gasteiger partial charge < -0.3 is 5.73 Å². The molecule has 0 unspecified atom stereocenters. The molecule has 0 aromatic carbocycles. The molecule has 0 fully saturated rings. The number of hydrogen-bond donors (Lipinski definition) is 1. The third-order valence-electron chi connectivity index (χ3n) is 0.220. The molecule has 5 heavy (non-hydrogen) atoms. The molecule has 0 spiro atoms. The molecule has 0 aromatic rings. The molecule has 0 aliphatic heterocycles. The average Bonchev–Trinajstić information content (AvgIpc) is 1.41. The van der Waals surface area contributed by atoms with Crippen LogP contribution < -0.4 is 5.73 Å². The molecule has 0 amide bonds. The maximum Gasteiger partial charge on any atom is 0.0122 e. The van der Waals surface area contributed by atoms with E-state index in [1.54, 1.807) is 0 Å². The molecule has 0 bridgehead atoms. The molecule has 0 saturated carbocycles. The van der Waals surface area contributed by atoms with Crippen molar-refractivity contribution in [1.82, 2.24) is 0 Å². The van der Waals surface area contributed by atoms with E-state index in [-0.39, 0.29) is 0 Å². The first kappa shape index (κ1) is 5.48. The molecule has 0 radical (unpaired) electrons. The first-order valence-corrected chi connectivity index (χ1v) is 3.50. The molecule has 0 aromatic heterocycles. The highest BCUT2D eigenvalue weighted by molar-refractivity contribution is 7.96. The zero-order valence-electron chi connectivity index (χ0n) is 2.85. The average molecular weight is 107 g/mol. The van der Waals surface area contributed by atoms with Crippen LogP contribution in [0.3, 0.4) is 0 Å². The Morgan fingerprint density at radius 3 is 2.40 bits per heavy atom. The molecule has 30 valence electrons. The van der Waals surface area contributed by atoms with Gasteiger partial charge in [0.1, 0.15) is 0 Å². The van der Waals surface area contributed by atoms with Gasteiger partial charge in [0.25, 0.3) is 0 Å². The molecule has 0 aliphatic carbocycles. The van der Waals surface area contributed by atoms with Gasteiger partial charge >= 0.3 is 0 Å². The summed E-state index contributed by atoms with van der Waals surface area (Å²) < 4.78 is 0. The highest BCUT2D eigenvalue weighted by atomic mass is 32.4. The van der Waals surface area contributed by atoms with Gasteiger partial charge in [-0.25, -0.2) is 0 Å². The van der Waals surface area contributed by atoms with Crippen molar-refractivity contribution in [2.75, 3.05) is 12.7 Å². The van der Waals surface area contributed by atoms with Crippen LogP contribution in [0.5, 0.6) is 0 Å². The summed E-state index contributed by atoms with van der Waals surface area (Å²) >= 11 is 4.54. The molecule has 0 atom stereocenters. The van der Waals surface area contributed by atoms with Crippen LogP contribution in [-0.4, -0.2) is 12.7 Å². The molecular weight excluding hydrogens is 101 g/mol. The minimum atomic E-state index is 0.727. The Morgan fingerprint density at radius 1 is 1.80 bits per heavy atom. The van der Waals surface area contributed by atoms with Crippen LogP contribution in [0, 0.1) is 0 Å². The van der Waals surface area contributed by atoms with Crippen LogP contribution in [0.1, 0.15) is 0 Å². The highest BCUT2D eigenvalue weighted by Gasteiger charge is 1.64. The third kappa shape index (κ3) is 4.48. The lowest BCUT2D eigenvalue weighted by molar-refractivity contribution is 1.15. The van der Waals surface area contributed by atoms with E-state index in [1.807, 2.05) is 0 Å². The first-order chi connectivity index (χ1) is 2.41. The van der Waals surface area contributed by atoms with Crippen LogP contribution in [0.25, 0.3) is 0 Å². The van der Waals surface area contributed by atoms with Crippen molar-refractivity contribution in [3.8, 4) is 0 Å². The fourth-order valence-corrected chi connectivity index (χ4v) is 0.474. The monoisotopic (exact) mass is 107 g/mol. The van der Waals surface area contributed by atoms with Crippen LogP contribution in [0.15, 0.2) is 0 Å². The minimum Gasteiger partial charge on any atom is -0.330 e. The number of hydrogen-bond acceptors (Lipinski definition) is 2. The van der Waals surface area contributed by atoms with Crippen molar-refractivity contribution in [3.63, 3.8) is 0 Å². The zero-order valence-corrected chi connectivity index (χ0v) is 4.56. The molecule has 0 saturated heterocycles. The van der Waals surface area contributed by atoms with Crippen molar-refractivity contribution in [3.05, 3.63) is 0 Å². The van der Waals surface area contributed by atoms with Gasteiger partial charge in [-0.05, 0) is 7.36 Å². The maximum absolute atomic E-state index is 5.07. The summed E-state index contributed by atoms with van der Waals surface area (Å²) in [6.07, 6.45) is 0.954. The predicted molar refractivity (Wildman–Crippen MR) is 28.2 cm³/mol. The fourth-order valence-electron chi connectivity index (χ4n) is 0.0527. The Labute approximate surface area is 38.4 Å². The van der Waals surface area contributed by atoms with Crippen molar-refractivity contribution >= 4 is 19.2 Å². The van der Waals surface area contributed by atoms with Crippen LogP contribution in [0.2, 0.25) is 0 Å². The summed E-state index contributed by atoms with van der Waals surface area (Å²) in [5, 5.41) is 0. The van der Waals surface area contributed by atoms with E-state index in [9.17, 15) is 0 Å². The molecule has 0 heterocycles. The van der Waals surface area contributed by atoms with E-state index in [1.165, 1.54) is 0 Å². The Bertz CT molecular complexity index is 30.8. The Kier molecular flexibility index (Phi) is 4.91. The Hall–Kier alpha value is 0.480. The molecule has 0 aliphatic rings. The van der Waals surface area contributed by atoms with Gasteiger partial charge in [-0.15, -0.1) is 0 Å². The van der Waals surface area contributed by atoms with Gasteiger partial charge in [0.05, 0.1) is 0 Å². The number of nitrogens with two attached hydrogens (primary N) is 1. The topological polar surface area (TPSA) is 26.0 Å². The lowest BCUT2D eigenvalue weighted by atomic mass is 10.8. The summed E-state index contributed by atoms with van der Waals surface area (Å²) in [5.41, 5.74) is 5.07. The van der Waals surface area contributed by atoms with Crippen LogP contribution in [0.4, 0.5) is 0 Å². The first-order valence-electron chi connectivity index (χ1n) is 1.41. The molecule has 3 heteroatoms. The van der Waals surface area contributed by atoms with Crippen molar-refractivity contribution < 1.29 is 0 Å². The summed E-state index contributed by atoms with van der Waals surface area (Å²) in [7, 11) is 0.988. The normalized spacial score (nSPS) is 9.00. The van der Waals surface area contributed by atoms with Gasteiger partial charge in [-0.2, -0.15) is 0 Å². The second-order valence-corrected chi connectivity index (χ2v) is 2.12. The highest BCUT2D eigenvalue weighted by Crippen LogP contribution is 1.83. The van der Waals surface area contributed by atoms with Crippen molar-refractivity contribution in [2.45, 2.75) is 0 Å². The second-order valence-electron chi connectivity index (χ2n) is 0.641. The fraction of sp³-hybridized carbons (Fsp3) is 1.00.